The first kappa shape index (κ1) is 12.8. The summed E-state index contributed by atoms with van der Waals surface area (Å²) in [6.45, 7) is 3.69. The van der Waals surface area contributed by atoms with Gasteiger partial charge in [0.15, 0.2) is 5.78 Å². The first-order chi connectivity index (χ1) is 8.59. The number of hydrogen-bond donors (Lipinski definition) is 0. The number of Topliss-reactive ketones (excluding diaryl/α,β-unsaturated/α-hetero) is 1. The van der Waals surface area contributed by atoms with Gasteiger partial charge in [-0.3, -0.25) is 9.78 Å². The SMILES string of the molecule is CC(=O)c1ccc(N(C)C(C)c2cccs2)cn1. The molecule has 0 fully saturated rings. The zero-order chi connectivity index (χ0) is 13.1. The van der Waals surface area contributed by atoms with Gasteiger partial charge >= 0.3 is 0 Å². The van der Waals surface area contributed by atoms with Crippen molar-refractivity contribution in [3.05, 3.63) is 46.4 Å². The minimum atomic E-state index is -0.00416. The molecule has 1 unspecified atom stereocenters. The third-order valence-corrected chi connectivity index (χ3v) is 4.09. The number of thiophene rings is 1. The molecule has 2 aromatic rings. The predicted molar refractivity (Wildman–Crippen MR) is 75.4 cm³/mol. The van der Waals surface area contributed by atoms with E-state index in [1.54, 1.807) is 23.6 Å². The van der Waals surface area contributed by atoms with Crippen LogP contribution >= 0.6 is 11.3 Å². The molecule has 2 aromatic heterocycles. The van der Waals surface area contributed by atoms with Crippen molar-refractivity contribution >= 4 is 22.8 Å². The van der Waals surface area contributed by atoms with E-state index in [9.17, 15) is 4.79 Å². The van der Waals surface area contributed by atoms with Crippen molar-refractivity contribution in [1.29, 1.82) is 0 Å². The van der Waals surface area contributed by atoms with Crippen LogP contribution in [0.2, 0.25) is 0 Å². The molecule has 0 bridgehead atoms. The maximum atomic E-state index is 11.2. The van der Waals surface area contributed by atoms with Crippen molar-refractivity contribution in [3.8, 4) is 0 Å². The maximum Gasteiger partial charge on any atom is 0.178 e. The molecular weight excluding hydrogens is 244 g/mol. The fraction of sp³-hybridized carbons (Fsp3) is 0.286. The lowest BCUT2D eigenvalue weighted by atomic mass is 10.2. The van der Waals surface area contributed by atoms with Gasteiger partial charge in [-0.1, -0.05) is 6.07 Å². The number of aromatic nitrogens is 1. The van der Waals surface area contributed by atoms with Crippen molar-refractivity contribution < 1.29 is 4.79 Å². The molecule has 0 amide bonds. The lowest BCUT2D eigenvalue weighted by Crippen LogP contribution is -2.21. The normalized spacial score (nSPS) is 12.2. The Labute approximate surface area is 111 Å². The smallest absolute Gasteiger partial charge is 0.178 e. The molecule has 18 heavy (non-hydrogen) atoms. The van der Waals surface area contributed by atoms with Gasteiger partial charge in [0, 0.05) is 18.8 Å². The van der Waals surface area contributed by atoms with E-state index in [0.717, 1.165) is 5.69 Å². The van der Waals surface area contributed by atoms with E-state index in [0.29, 0.717) is 11.7 Å². The molecule has 4 heteroatoms. The molecule has 0 saturated carbocycles. The van der Waals surface area contributed by atoms with E-state index < -0.39 is 0 Å². The number of rotatable bonds is 4. The molecule has 0 aliphatic heterocycles. The highest BCUT2D eigenvalue weighted by Crippen LogP contribution is 2.27. The Bertz CT molecular complexity index is 519. The van der Waals surface area contributed by atoms with Gasteiger partial charge in [-0.2, -0.15) is 0 Å². The molecule has 94 valence electrons. The van der Waals surface area contributed by atoms with E-state index in [2.05, 4.69) is 34.3 Å². The Hall–Kier alpha value is -1.68. The Morgan fingerprint density at radius 1 is 1.39 bits per heavy atom. The van der Waals surface area contributed by atoms with Gasteiger partial charge in [0.25, 0.3) is 0 Å². The van der Waals surface area contributed by atoms with Crippen LogP contribution in [0.5, 0.6) is 0 Å². The van der Waals surface area contributed by atoms with Crippen LogP contribution in [0.25, 0.3) is 0 Å². The molecule has 0 aromatic carbocycles. The van der Waals surface area contributed by atoms with Crippen LogP contribution in [0.1, 0.15) is 35.3 Å². The van der Waals surface area contributed by atoms with E-state index >= 15 is 0 Å². The van der Waals surface area contributed by atoms with E-state index in [4.69, 9.17) is 0 Å². The number of pyridine rings is 1. The van der Waals surface area contributed by atoms with Gasteiger partial charge in [-0.05, 0) is 30.5 Å². The number of carbonyl (C=O) groups is 1. The van der Waals surface area contributed by atoms with E-state index in [-0.39, 0.29) is 5.78 Å². The fourth-order valence-corrected chi connectivity index (χ4v) is 2.57. The van der Waals surface area contributed by atoms with E-state index in [1.807, 2.05) is 13.1 Å². The minimum absolute atomic E-state index is 0.00416. The third-order valence-electron chi connectivity index (χ3n) is 3.05. The summed E-state index contributed by atoms with van der Waals surface area (Å²) in [5, 5.41) is 2.08. The summed E-state index contributed by atoms with van der Waals surface area (Å²) < 4.78 is 0. The van der Waals surface area contributed by atoms with Crippen LogP contribution in [0.4, 0.5) is 5.69 Å². The molecule has 0 radical (unpaired) electrons. The van der Waals surface area contributed by atoms with E-state index in [1.165, 1.54) is 11.8 Å². The average molecular weight is 260 g/mol. The highest BCUT2D eigenvalue weighted by Gasteiger charge is 2.13. The van der Waals surface area contributed by atoms with Crippen LogP contribution < -0.4 is 4.90 Å². The molecule has 2 rings (SSSR count). The van der Waals surface area contributed by atoms with Gasteiger partial charge in [-0.15, -0.1) is 11.3 Å². The molecule has 0 saturated heterocycles. The lowest BCUT2D eigenvalue weighted by molar-refractivity contribution is 0.101. The van der Waals surface area contributed by atoms with Gasteiger partial charge in [0.05, 0.1) is 17.9 Å². The van der Waals surface area contributed by atoms with Crippen LogP contribution in [0.15, 0.2) is 35.8 Å². The Balaban J connectivity index is 2.18. The Morgan fingerprint density at radius 3 is 2.67 bits per heavy atom. The quantitative estimate of drug-likeness (QED) is 0.788. The largest absolute Gasteiger partial charge is 0.366 e. The van der Waals surface area contributed by atoms with Gasteiger partial charge in [0.1, 0.15) is 5.69 Å². The average Bonchev–Trinajstić information content (AvgIpc) is 2.91. The summed E-state index contributed by atoms with van der Waals surface area (Å²) in [4.78, 5) is 18.8. The number of carbonyl (C=O) groups excluding carboxylic acids is 1. The molecule has 3 nitrogen and oxygen atoms in total. The summed E-state index contributed by atoms with van der Waals surface area (Å²) in [7, 11) is 2.04. The number of anilines is 1. The number of ketones is 1. The van der Waals surface area contributed by atoms with Gasteiger partial charge in [-0.25, -0.2) is 0 Å². The van der Waals surface area contributed by atoms with Crippen LogP contribution in [0.3, 0.4) is 0 Å². The highest BCUT2D eigenvalue weighted by atomic mass is 32.1. The summed E-state index contributed by atoms with van der Waals surface area (Å²) >= 11 is 1.75. The zero-order valence-corrected chi connectivity index (χ0v) is 11.6. The fourth-order valence-electron chi connectivity index (χ4n) is 1.75. The molecule has 0 aliphatic rings. The first-order valence-corrected chi connectivity index (χ1v) is 6.71. The number of hydrogen-bond acceptors (Lipinski definition) is 4. The zero-order valence-electron chi connectivity index (χ0n) is 10.8. The van der Waals surface area contributed by atoms with Crippen LogP contribution in [0, 0.1) is 0 Å². The van der Waals surface area contributed by atoms with Crippen LogP contribution in [-0.4, -0.2) is 17.8 Å². The standard InChI is InChI=1S/C14H16N2OS/c1-10(14-5-4-8-18-14)16(3)12-6-7-13(11(2)17)15-9-12/h4-10H,1-3H3. The van der Waals surface area contributed by atoms with Crippen molar-refractivity contribution in [2.24, 2.45) is 0 Å². The first-order valence-electron chi connectivity index (χ1n) is 5.83. The predicted octanol–water partition coefficient (Wildman–Crippen LogP) is 3.54. The Morgan fingerprint density at radius 2 is 2.17 bits per heavy atom. The topological polar surface area (TPSA) is 33.2 Å². The van der Waals surface area contributed by atoms with Crippen molar-refractivity contribution in [1.82, 2.24) is 4.98 Å². The summed E-state index contributed by atoms with van der Waals surface area (Å²) in [6, 6.07) is 8.20. The second-order valence-corrected chi connectivity index (χ2v) is 5.24. The minimum Gasteiger partial charge on any atom is -0.366 e. The summed E-state index contributed by atoms with van der Waals surface area (Å²) in [5.74, 6) is -0.00416. The van der Waals surface area contributed by atoms with Gasteiger partial charge < -0.3 is 4.90 Å². The van der Waals surface area contributed by atoms with Crippen molar-refractivity contribution in [3.63, 3.8) is 0 Å². The second-order valence-electron chi connectivity index (χ2n) is 4.26. The summed E-state index contributed by atoms with van der Waals surface area (Å²) in [5.41, 5.74) is 1.52. The van der Waals surface area contributed by atoms with Crippen LogP contribution in [-0.2, 0) is 0 Å². The molecule has 0 aliphatic carbocycles. The van der Waals surface area contributed by atoms with Gasteiger partial charge in [0.2, 0.25) is 0 Å². The van der Waals surface area contributed by atoms with Crippen molar-refractivity contribution in [2.45, 2.75) is 19.9 Å². The molecule has 2 heterocycles. The molecule has 1 atom stereocenters. The summed E-state index contributed by atoms with van der Waals surface area (Å²) in [6.07, 6.45) is 1.75. The highest BCUT2D eigenvalue weighted by molar-refractivity contribution is 7.10. The molecule has 0 N–H and O–H groups in total. The van der Waals surface area contributed by atoms with Crippen molar-refractivity contribution in [2.75, 3.05) is 11.9 Å². The lowest BCUT2D eigenvalue weighted by Gasteiger charge is -2.25. The second kappa shape index (κ2) is 5.31. The monoisotopic (exact) mass is 260 g/mol. The molecule has 0 spiro atoms. The molecular formula is C14H16N2OS. The Kier molecular flexibility index (Phi) is 3.77. The third kappa shape index (κ3) is 2.59. The number of nitrogens with zero attached hydrogens (tertiary/aromatic N) is 2. The maximum absolute atomic E-state index is 11.2.